The molecule has 0 unspecified atom stereocenters. The Labute approximate surface area is 232 Å². The number of aromatic nitrogens is 3. The molecule has 39 heavy (non-hydrogen) atoms. The molecular weight excluding hydrogens is 539 g/mol. The molecule has 200 valence electrons. The van der Waals surface area contributed by atoms with E-state index in [1.165, 1.54) is 28.9 Å². The minimum Gasteiger partial charge on any atom is -0.497 e. The van der Waals surface area contributed by atoms with E-state index in [0.717, 1.165) is 16.2 Å². The fourth-order valence-corrected chi connectivity index (χ4v) is 5.60. The number of hydrazone groups is 1. The Kier molecular flexibility index (Phi) is 8.03. The number of hydrogen-bond acceptors (Lipinski definition) is 8. The number of thioether (sulfide) groups is 1. The molecule has 2 amide bonds. The van der Waals surface area contributed by atoms with Crippen molar-refractivity contribution in [3.63, 3.8) is 0 Å². The predicted octanol–water partition coefficient (Wildman–Crippen LogP) is 4.42. The van der Waals surface area contributed by atoms with Crippen molar-refractivity contribution in [1.82, 2.24) is 25.1 Å². The Morgan fingerprint density at radius 2 is 1.90 bits per heavy atom. The highest BCUT2D eigenvalue weighted by Gasteiger charge is 2.33. The van der Waals surface area contributed by atoms with Gasteiger partial charge in [-0.05, 0) is 53.4 Å². The molecule has 0 aliphatic carbocycles. The zero-order chi connectivity index (χ0) is 27.4. The molecule has 0 saturated heterocycles. The number of ether oxygens (including phenoxy) is 1. The Morgan fingerprint density at radius 1 is 1.13 bits per heavy atom. The molecular formula is C27H25FN6O3S2. The number of hydrogen-bond donors (Lipinski definition) is 1. The molecule has 5 rings (SSSR count). The molecule has 0 saturated carbocycles. The molecule has 1 aliphatic heterocycles. The second kappa shape index (κ2) is 11.8. The number of halogens is 1. The van der Waals surface area contributed by atoms with Crippen LogP contribution in [0, 0.1) is 5.82 Å². The lowest BCUT2D eigenvalue weighted by Crippen LogP contribution is -2.28. The normalized spacial score (nSPS) is 14.8. The SMILES string of the molecule is COc1ccc(C(=O)NCc2nnc(SCC(=O)N3N=C(c4cccs4)C[C@H]3c3ccc(F)cc3)n2C)cc1. The van der Waals surface area contributed by atoms with Gasteiger partial charge in [0.2, 0.25) is 0 Å². The second-order valence-corrected chi connectivity index (χ2v) is 10.6. The first-order valence-electron chi connectivity index (χ1n) is 12.0. The zero-order valence-corrected chi connectivity index (χ0v) is 22.8. The summed E-state index contributed by atoms with van der Waals surface area (Å²) >= 11 is 2.80. The van der Waals surface area contributed by atoms with Gasteiger partial charge in [-0.1, -0.05) is 30.0 Å². The van der Waals surface area contributed by atoms with Crippen LogP contribution in [0.3, 0.4) is 0 Å². The van der Waals surface area contributed by atoms with E-state index in [9.17, 15) is 14.0 Å². The first kappa shape index (κ1) is 26.6. The van der Waals surface area contributed by atoms with Gasteiger partial charge < -0.3 is 14.6 Å². The molecule has 1 N–H and O–H groups in total. The van der Waals surface area contributed by atoms with E-state index in [2.05, 4.69) is 20.6 Å². The molecule has 0 bridgehead atoms. The fraction of sp³-hybridized carbons (Fsp3) is 0.222. The lowest BCUT2D eigenvalue weighted by atomic mass is 10.0. The largest absolute Gasteiger partial charge is 0.497 e. The van der Waals surface area contributed by atoms with Crippen molar-refractivity contribution in [3.05, 3.63) is 93.7 Å². The number of benzene rings is 2. The van der Waals surface area contributed by atoms with Crippen molar-refractivity contribution in [2.45, 2.75) is 24.2 Å². The van der Waals surface area contributed by atoms with E-state index in [1.54, 1.807) is 66.5 Å². The Morgan fingerprint density at radius 3 is 2.59 bits per heavy atom. The van der Waals surface area contributed by atoms with Gasteiger partial charge in [-0.3, -0.25) is 9.59 Å². The van der Waals surface area contributed by atoms with Crippen molar-refractivity contribution in [1.29, 1.82) is 0 Å². The first-order valence-corrected chi connectivity index (χ1v) is 13.9. The maximum Gasteiger partial charge on any atom is 0.253 e. The summed E-state index contributed by atoms with van der Waals surface area (Å²) in [5, 5.41) is 19.8. The highest BCUT2D eigenvalue weighted by atomic mass is 32.2. The third-order valence-electron chi connectivity index (χ3n) is 6.24. The number of carbonyl (C=O) groups is 2. The van der Waals surface area contributed by atoms with Crippen LogP contribution in [0.2, 0.25) is 0 Å². The van der Waals surface area contributed by atoms with Crippen LogP contribution in [0.5, 0.6) is 5.75 Å². The lowest BCUT2D eigenvalue weighted by molar-refractivity contribution is -0.130. The van der Waals surface area contributed by atoms with Crippen molar-refractivity contribution in [2.75, 3.05) is 12.9 Å². The summed E-state index contributed by atoms with van der Waals surface area (Å²) in [6, 6.07) is 16.6. The van der Waals surface area contributed by atoms with Crippen molar-refractivity contribution < 1.29 is 18.7 Å². The third kappa shape index (κ3) is 6.02. The van der Waals surface area contributed by atoms with E-state index in [1.807, 2.05) is 17.5 Å². The van der Waals surface area contributed by atoms with E-state index >= 15 is 0 Å². The van der Waals surface area contributed by atoms with E-state index < -0.39 is 0 Å². The summed E-state index contributed by atoms with van der Waals surface area (Å²) in [6.07, 6.45) is 0.546. The molecule has 4 aromatic rings. The first-order chi connectivity index (χ1) is 18.9. The Hall–Kier alpha value is -4.03. The van der Waals surface area contributed by atoms with Gasteiger partial charge in [-0.2, -0.15) is 5.10 Å². The van der Waals surface area contributed by atoms with E-state index in [4.69, 9.17) is 4.74 Å². The molecule has 2 aromatic carbocycles. The summed E-state index contributed by atoms with van der Waals surface area (Å²) in [4.78, 5) is 26.8. The average molecular weight is 565 g/mol. The molecule has 9 nitrogen and oxygen atoms in total. The summed E-state index contributed by atoms with van der Waals surface area (Å²) in [5.74, 6) is 0.535. The number of amides is 2. The lowest BCUT2D eigenvalue weighted by Gasteiger charge is -2.21. The van der Waals surface area contributed by atoms with E-state index in [-0.39, 0.29) is 36.0 Å². The Bertz CT molecular complexity index is 1490. The van der Waals surface area contributed by atoms with Crippen LogP contribution in [-0.4, -0.2) is 50.2 Å². The number of rotatable bonds is 9. The molecule has 0 fully saturated rings. The zero-order valence-electron chi connectivity index (χ0n) is 21.2. The topological polar surface area (TPSA) is 102 Å². The molecule has 1 atom stereocenters. The summed E-state index contributed by atoms with van der Waals surface area (Å²) < 4.78 is 20.4. The highest BCUT2D eigenvalue weighted by Crippen LogP contribution is 2.34. The molecule has 2 aromatic heterocycles. The maximum absolute atomic E-state index is 13.5. The van der Waals surface area contributed by atoms with Crippen LogP contribution < -0.4 is 10.1 Å². The molecule has 0 spiro atoms. The maximum atomic E-state index is 13.5. The highest BCUT2D eigenvalue weighted by molar-refractivity contribution is 7.99. The number of methoxy groups -OCH3 is 1. The van der Waals surface area contributed by atoms with Gasteiger partial charge in [0.1, 0.15) is 11.6 Å². The van der Waals surface area contributed by atoms with Crippen molar-refractivity contribution >= 4 is 40.6 Å². The smallest absolute Gasteiger partial charge is 0.253 e. The minimum atomic E-state index is -0.331. The molecule has 12 heteroatoms. The van der Waals surface area contributed by atoms with Gasteiger partial charge in [-0.15, -0.1) is 21.5 Å². The van der Waals surface area contributed by atoms with Gasteiger partial charge in [0.05, 0.1) is 36.0 Å². The number of thiophene rings is 1. The molecule has 1 aliphatic rings. The number of nitrogens with one attached hydrogen (secondary N) is 1. The van der Waals surface area contributed by atoms with Crippen LogP contribution in [0.25, 0.3) is 0 Å². The quantitative estimate of drug-likeness (QED) is 0.302. The summed E-state index contributed by atoms with van der Waals surface area (Å²) in [5.41, 5.74) is 2.15. The van der Waals surface area contributed by atoms with Gasteiger partial charge in [-0.25, -0.2) is 9.40 Å². The minimum absolute atomic E-state index is 0.0864. The van der Waals surface area contributed by atoms with Crippen molar-refractivity contribution in [2.24, 2.45) is 12.1 Å². The monoisotopic (exact) mass is 564 g/mol. The average Bonchev–Trinajstić information content (AvgIpc) is 3.71. The second-order valence-electron chi connectivity index (χ2n) is 8.69. The number of carbonyl (C=O) groups excluding carboxylic acids is 2. The van der Waals surface area contributed by atoms with Crippen molar-refractivity contribution in [3.8, 4) is 5.75 Å². The van der Waals surface area contributed by atoms with E-state index in [0.29, 0.717) is 28.7 Å². The van der Waals surface area contributed by atoms with Crippen LogP contribution >= 0.6 is 23.1 Å². The van der Waals surface area contributed by atoms with Gasteiger partial charge in [0.25, 0.3) is 11.8 Å². The fourth-order valence-electron chi connectivity index (χ4n) is 4.10. The predicted molar refractivity (Wildman–Crippen MR) is 147 cm³/mol. The molecule has 3 heterocycles. The van der Waals surface area contributed by atoms with Crippen LogP contribution in [0.1, 0.15) is 39.1 Å². The molecule has 0 radical (unpaired) electrons. The summed E-state index contributed by atoms with van der Waals surface area (Å²) in [7, 11) is 3.35. The summed E-state index contributed by atoms with van der Waals surface area (Å²) in [6.45, 7) is 0.177. The van der Waals surface area contributed by atoms with Crippen LogP contribution in [0.15, 0.2) is 76.3 Å². The van der Waals surface area contributed by atoms with Gasteiger partial charge in [0.15, 0.2) is 11.0 Å². The van der Waals surface area contributed by atoms with Gasteiger partial charge >= 0.3 is 0 Å². The number of nitrogens with zero attached hydrogens (tertiary/aromatic N) is 5. The third-order valence-corrected chi connectivity index (χ3v) is 8.16. The van der Waals surface area contributed by atoms with Crippen LogP contribution in [0.4, 0.5) is 4.39 Å². The standard InChI is InChI=1S/C27H25FN6O3S2/c1-33-24(15-29-26(36)18-7-11-20(37-2)12-8-18)30-31-27(33)39-16-25(35)34-22(17-5-9-19(28)10-6-17)14-21(32-34)23-4-3-13-38-23/h3-13,22H,14-16H2,1-2H3,(H,29,36)/t22-/m0/s1. The van der Waals surface area contributed by atoms with Crippen LogP contribution in [-0.2, 0) is 18.4 Å². The van der Waals surface area contributed by atoms with Gasteiger partial charge in [0, 0.05) is 19.0 Å². The Balaban J connectivity index is 1.23.